The summed E-state index contributed by atoms with van der Waals surface area (Å²) in [4.78, 5) is 13.9. The maximum Gasteiger partial charge on any atom is 0.317 e. The Morgan fingerprint density at radius 2 is 2.12 bits per heavy atom. The number of amides is 2. The van der Waals surface area contributed by atoms with E-state index in [1.807, 2.05) is 11.8 Å². The van der Waals surface area contributed by atoms with Crippen molar-refractivity contribution in [3.05, 3.63) is 17.5 Å². The fourth-order valence-corrected chi connectivity index (χ4v) is 2.10. The third-order valence-electron chi connectivity index (χ3n) is 3.24. The molecule has 0 unspecified atom stereocenters. The molecule has 2 heterocycles. The van der Waals surface area contributed by atoms with Crippen molar-refractivity contribution in [2.24, 2.45) is 0 Å². The standard InChI is InChI=1S/C12H20N4O/c1-10-8-14-15-11(10)9-13-12(17)16-6-4-2-3-5-7-16/h8H,2-7,9H2,1H3,(H,13,17)(H,14,15). The molecule has 0 spiro atoms. The summed E-state index contributed by atoms with van der Waals surface area (Å²) in [6.45, 7) is 4.28. The summed E-state index contributed by atoms with van der Waals surface area (Å²) in [7, 11) is 0. The predicted molar refractivity (Wildman–Crippen MR) is 65.6 cm³/mol. The van der Waals surface area contributed by atoms with Gasteiger partial charge in [-0.2, -0.15) is 5.10 Å². The van der Waals surface area contributed by atoms with E-state index >= 15 is 0 Å². The highest BCUT2D eigenvalue weighted by molar-refractivity contribution is 5.74. The Bertz CT molecular complexity index is 366. The number of rotatable bonds is 2. The molecule has 1 aromatic heterocycles. The highest BCUT2D eigenvalue weighted by Gasteiger charge is 2.15. The second kappa shape index (κ2) is 5.70. The van der Waals surface area contributed by atoms with Gasteiger partial charge in [-0.25, -0.2) is 4.79 Å². The summed E-state index contributed by atoms with van der Waals surface area (Å²) in [5.74, 6) is 0. The summed E-state index contributed by atoms with van der Waals surface area (Å²) < 4.78 is 0. The lowest BCUT2D eigenvalue weighted by Gasteiger charge is -2.20. The van der Waals surface area contributed by atoms with Crippen molar-refractivity contribution in [2.45, 2.75) is 39.2 Å². The molecule has 17 heavy (non-hydrogen) atoms. The molecule has 1 saturated heterocycles. The van der Waals surface area contributed by atoms with Crippen molar-refractivity contribution < 1.29 is 4.79 Å². The Balaban J connectivity index is 1.82. The largest absolute Gasteiger partial charge is 0.332 e. The van der Waals surface area contributed by atoms with Gasteiger partial charge in [-0.1, -0.05) is 12.8 Å². The molecule has 2 N–H and O–H groups in total. The lowest BCUT2D eigenvalue weighted by Crippen LogP contribution is -2.40. The summed E-state index contributed by atoms with van der Waals surface area (Å²) in [6, 6.07) is 0.0425. The van der Waals surface area contributed by atoms with E-state index < -0.39 is 0 Å². The van der Waals surface area contributed by atoms with Crippen LogP contribution in [0.3, 0.4) is 0 Å². The van der Waals surface area contributed by atoms with Gasteiger partial charge in [0.05, 0.1) is 18.4 Å². The Morgan fingerprint density at radius 1 is 1.41 bits per heavy atom. The number of hydrogen-bond donors (Lipinski definition) is 2. The van der Waals surface area contributed by atoms with Crippen LogP contribution in [0.4, 0.5) is 4.79 Å². The molecule has 5 heteroatoms. The van der Waals surface area contributed by atoms with Gasteiger partial charge >= 0.3 is 6.03 Å². The summed E-state index contributed by atoms with van der Waals surface area (Å²) >= 11 is 0. The molecule has 1 fully saturated rings. The number of likely N-dealkylation sites (tertiary alicyclic amines) is 1. The molecule has 0 saturated carbocycles. The van der Waals surface area contributed by atoms with Crippen LogP contribution in [0.5, 0.6) is 0 Å². The topological polar surface area (TPSA) is 61.0 Å². The minimum atomic E-state index is 0.0425. The van der Waals surface area contributed by atoms with E-state index in [9.17, 15) is 4.79 Å². The van der Waals surface area contributed by atoms with Gasteiger partial charge in [0.25, 0.3) is 0 Å². The number of aromatic nitrogens is 2. The average Bonchev–Trinajstić information content (AvgIpc) is 2.58. The number of nitrogens with zero attached hydrogens (tertiary/aromatic N) is 2. The van der Waals surface area contributed by atoms with Gasteiger partial charge in [-0.3, -0.25) is 5.10 Å². The molecule has 2 amide bonds. The zero-order chi connectivity index (χ0) is 12.1. The van der Waals surface area contributed by atoms with E-state index in [1.54, 1.807) is 6.20 Å². The molecule has 5 nitrogen and oxygen atoms in total. The Labute approximate surface area is 102 Å². The normalized spacial score (nSPS) is 16.6. The first-order valence-corrected chi connectivity index (χ1v) is 6.29. The molecule has 1 aliphatic heterocycles. The van der Waals surface area contributed by atoms with Gasteiger partial charge in [0.15, 0.2) is 0 Å². The number of aromatic amines is 1. The van der Waals surface area contributed by atoms with E-state index in [0.717, 1.165) is 37.2 Å². The molecule has 2 rings (SSSR count). The van der Waals surface area contributed by atoms with Gasteiger partial charge in [0.2, 0.25) is 0 Å². The van der Waals surface area contributed by atoms with Crippen molar-refractivity contribution >= 4 is 6.03 Å². The van der Waals surface area contributed by atoms with Crippen LogP contribution >= 0.6 is 0 Å². The highest BCUT2D eigenvalue weighted by atomic mass is 16.2. The third kappa shape index (κ3) is 3.22. The van der Waals surface area contributed by atoms with E-state index in [-0.39, 0.29) is 6.03 Å². The molecule has 0 atom stereocenters. The maximum atomic E-state index is 11.9. The summed E-state index contributed by atoms with van der Waals surface area (Å²) in [5, 5.41) is 9.77. The molecule has 0 bridgehead atoms. The number of carbonyl (C=O) groups excluding carboxylic acids is 1. The molecule has 0 aromatic carbocycles. The molecule has 0 aliphatic carbocycles. The van der Waals surface area contributed by atoms with Gasteiger partial charge in [-0.15, -0.1) is 0 Å². The monoisotopic (exact) mass is 236 g/mol. The van der Waals surface area contributed by atoms with Crippen LogP contribution in [0.2, 0.25) is 0 Å². The van der Waals surface area contributed by atoms with E-state index in [0.29, 0.717) is 6.54 Å². The predicted octanol–water partition coefficient (Wildman–Crippen LogP) is 1.80. The smallest absolute Gasteiger partial charge is 0.317 e. The van der Waals surface area contributed by atoms with Gasteiger partial charge in [0.1, 0.15) is 0 Å². The van der Waals surface area contributed by atoms with Crippen LogP contribution in [0.25, 0.3) is 0 Å². The van der Waals surface area contributed by atoms with Crippen LogP contribution in [-0.2, 0) is 6.54 Å². The molecular formula is C12H20N4O. The van der Waals surface area contributed by atoms with E-state index in [4.69, 9.17) is 0 Å². The number of hydrogen-bond acceptors (Lipinski definition) is 2. The van der Waals surface area contributed by atoms with Crippen LogP contribution in [0.15, 0.2) is 6.20 Å². The minimum absolute atomic E-state index is 0.0425. The van der Waals surface area contributed by atoms with Crippen molar-refractivity contribution in [3.8, 4) is 0 Å². The molecule has 1 aromatic rings. The zero-order valence-corrected chi connectivity index (χ0v) is 10.3. The fourth-order valence-electron chi connectivity index (χ4n) is 2.10. The zero-order valence-electron chi connectivity index (χ0n) is 10.3. The Hall–Kier alpha value is -1.52. The number of aryl methyl sites for hydroxylation is 1. The van der Waals surface area contributed by atoms with Crippen LogP contribution in [-0.4, -0.2) is 34.2 Å². The highest BCUT2D eigenvalue weighted by Crippen LogP contribution is 2.09. The first-order chi connectivity index (χ1) is 8.27. The van der Waals surface area contributed by atoms with Crippen LogP contribution < -0.4 is 5.32 Å². The molecule has 1 aliphatic rings. The molecular weight excluding hydrogens is 216 g/mol. The van der Waals surface area contributed by atoms with Crippen molar-refractivity contribution in [3.63, 3.8) is 0 Å². The molecule has 0 radical (unpaired) electrons. The lowest BCUT2D eigenvalue weighted by molar-refractivity contribution is 0.199. The average molecular weight is 236 g/mol. The summed E-state index contributed by atoms with van der Waals surface area (Å²) in [6.07, 6.45) is 6.49. The Kier molecular flexibility index (Phi) is 4.01. The van der Waals surface area contributed by atoms with Gasteiger partial charge in [-0.05, 0) is 25.3 Å². The van der Waals surface area contributed by atoms with Crippen LogP contribution in [0, 0.1) is 6.92 Å². The van der Waals surface area contributed by atoms with Crippen molar-refractivity contribution in [2.75, 3.05) is 13.1 Å². The first-order valence-electron chi connectivity index (χ1n) is 6.29. The maximum absolute atomic E-state index is 11.9. The molecule has 94 valence electrons. The van der Waals surface area contributed by atoms with Crippen molar-refractivity contribution in [1.82, 2.24) is 20.4 Å². The number of H-pyrrole nitrogens is 1. The van der Waals surface area contributed by atoms with Gasteiger partial charge < -0.3 is 10.2 Å². The minimum Gasteiger partial charge on any atom is -0.332 e. The van der Waals surface area contributed by atoms with Gasteiger partial charge in [0, 0.05) is 13.1 Å². The Morgan fingerprint density at radius 3 is 2.71 bits per heavy atom. The fraction of sp³-hybridized carbons (Fsp3) is 0.667. The van der Waals surface area contributed by atoms with E-state index in [1.165, 1.54) is 12.8 Å². The van der Waals surface area contributed by atoms with E-state index in [2.05, 4.69) is 15.5 Å². The lowest BCUT2D eigenvalue weighted by atomic mass is 10.2. The second-order valence-corrected chi connectivity index (χ2v) is 4.59. The van der Waals surface area contributed by atoms with Crippen molar-refractivity contribution in [1.29, 1.82) is 0 Å². The SMILES string of the molecule is Cc1cn[nH]c1CNC(=O)N1CCCCCC1. The van der Waals surface area contributed by atoms with Crippen LogP contribution in [0.1, 0.15) is 36.9 Å². The number of carbonyl (C=O) groups is 1. The number of nitrogens with one attached hydrogen (secondary N) is 2. The number of urea groups is 1. The first kappa shape index (κ1) is 12.0. The second-order valence-electron chi connectivity index (χ2n) is 4.59. The quantitative estimate of drug-likeness (QED) is 0.822. The third-order valence-corrected chi connectivity index (χ3v) is 3.24. The summed E-state index contributed by atoms with van der Waals surface area (Å²) in [5.41, 5.74) is 2.06.